The van der Waals surface area contributed by atoms with Crippen LogP contribution in [0.3, 0.4) is 0 Å². The topological polar surface area (TPSA) is 29.3 Å². The summed E-state index contributed by atoms with van der Waals surface area (Å²) < 4.78 is 0. The van der Waals surface area contributed by atoms with E-state index in [0.717, 1.165) is 13.0 Å². The first-order valence-electron chi connectivity index (χ1n) is 7.65. The number of nitrogens with two attached hydrogens (primary N) is 1. The second kappa shape index (κ2) is 6.28. The van der Waals surface area contributed by atoms with Crippen molar-refractivity contribution in [2.75, 3.05) is 13.6 Å². The standard InChI is InChI=1S/C18H32N2/c1-8-18(5,6)20(7)13-16(19)14-9-11-15(12-10-14)17(2,3)4/h9-12,16H,8,13,19H2,1-7H3. The highest BCUT2D eigenvalue weighted by Gasteiger charge is 2.23. The third-order valence-electron chi connectivity index (χ3n) is 4.57. The Labute approximate surface area is 125 Å². The number of hydrogen-bond acceptors (Lipinski definition) is 2. The largest absolute Gasteiger partial charge is 0.323 e. The van der Waals surface area contributed by atoms with Gasteiger partial charge in [-0.2, -0.15) is 0 Å². The maximum absolute atomic E-state index is 6.36. The molecule has 1 rings (SSSR count). The molecule has 1 aromatic carbocycles. The minimum Gasteiger partial charge on any atom is -0.323 e. The number of nitrogens with zero attached hydrogens (tertiary/aromatic N) is 1. The Bertz CT molecular complexity index is 412. The molecule has 2 nitrogen and oxygen atoms in total. The van der Waals surface area contributed by atoms with Gasteiger partial charge in [0.05, 0.1) is 0 Å². The third-order valence-corrected chi connectivity index (χ3v) is 4.57. The molecular weight excluding hydrogens is 244 g/mol. The molecule has 2 N–H and O–H groups in total. The van der Waals surface area contributed by atoms with E-state index in [1.54, 1.807) is 0 Å². The molecule has 0 bridgehead atoms. The molecule has 1 aromatic rings. The lowest BCUT2D eigenvalue weighted by Gasteiger charge is -2.36. The van der Waals surface area contributed by atoms with Crippen molar-refractivity contribution in [3.05, 3.63) is 35.4 Å². The Morgan fingerprint density at radius 3 is 1.95 bits per heavy atom. The van der Waals surface area contributed by atoms with Gasteiger partial charge in [-0.1, -0.05) is 52.0 Å². The van der Waals surface area contributed by atoms with Gasteiger partial charge in [-0.3, -0.25) is 4.90 Å². The number of benzene rings is 1. The Balaban J connectivity index is 2.76. The molecule has 0 aromatic heterocycles. The number of likely N-dealkylation sites (N-methyl/N-ethyl adjacent to an activating group) is 1. The van der Waals surface area contributed by atoms with E-state index in [2.05, 4.69) is 77.8 Å². The van der Waals surface area contributed by atoms with Crippen LogP contribution in [0.1, 0.15) is 65.1 Å². The fourth-order valence-electron chi connectivity index (χ4n) is 2.15. The highest BCUT2D eigenvalue weighted by atomic mass is 15.2. The Morgan fingerprint density at radius 2 is 1.55 bits per heavy atom. The summed E-state index contributed by atoms with van der Waals surface area (Å²) in [5, 5.41) is 0. The second-order valence-corrected chi connectivity index (χ2v) is 7.53. The Morgan fingerprint density at radius 1 is 1.05 bits per heavy atom. The lowest BCUT2D eigenvalue weighted by Crippen LogP contribution is -2.44. The lowest BCUT2D eigenvalue weighted by atomic mass is 9.86. The van der Waals surface area contributed by atoms with Gasteiger partial charge in [0.15, 0.2) is 0 Å². The molecule has 0 saturated heterocycles. The van der Waals surface area contributed by atoms with Gasteiger partial charge in [-0.05, 0) is 43.9 Å². The van der Waals surface area contributed by atoms with Crippen molar-refractivity contribution in [2.24, 2.45) is 5.73 Å². The van der Waals surface area contributed by atoms with E-state index >= 15 is 0 Å². The summed E-state index contributed by atoms with van der Waals surface area (Å²) in [6.45, 7) is 14.3. The highest BCUT2D eigenvalue weighted by Crippen LogP contribution is 2.25. The molecule has 1 unspecified atom stereocenters. The van der Waals surface area contributed by atoms with Crippen LogP contribution < -0.4 is 5.73 Å². The van der Waals surface area contributed by atoms with Crippen LogP contribution in [0.15, 0.2) is 24.3 Å². The fraction of sp³-hybridized carbons (Fsp3) is 0.667. The van der Waals surface area contributed by atoms with Crippen molar-refractivity contribution < 1.29 is 0 Å². The summed E-state index contributed by atoms with van der Waals surface area (Å²) >= 11 is 0. The van der Waals surface area contributed by atoms with Crippen molar-refractivity contribution in [3.63, 3.8) is 0 Å². The summed E-state index contributed by atoms with van der Waals surface area (Å²) in [4.78, 5) is 2.36. The molecule has 0 spiro atoms. The fourth-order valence-corrected chi connectivity index (χ4v) is 2.15. The Hall–Kier alpha value is -0.860. The van der Waals surface area contributed by atoms with Gasteiger partial charge in [0.1, 0.15) is 0 Å². The molecule has 0 amide bonds. The minimum atomic E-state index is 0.0693. The zero-order valence-electron chi connectivity index (χ0n) is 14.3. The first-order valence-corrected chi connectivity index (χ1v) is 7.65. The van der Waals surface area contributed by atoms with Gasteiger partial charge in [-0.25, -0.2) is 0 Å². The number of rotatable bonds is 5. The lowest BCUT2D eigenvalue weighted by molar-refractivity contribution is 0.142. The normalized spacial score (nSPS) is 14.7. The van der Waals surface area contributed by atoms with Crippen molar-refractivity contribution in [1.82, 2.24) is 4.90 Å². The zero-order chi connectivity index (χ0) is 15.6. The van der Waals surface area contributed by atoms with Gasteiger partial charge in [0.25, 0.3) is 0 Å². The van der Waals surface area contributed by atoms with Gasteiger partial charge in [0, 0.05) is 18.1 Å². The van der Waals surface area contributed by atoms with Crippen molar-refractivity contribution >= 4 is 0 Å². The maximum atomic E-state index is 6.36. The van der Waals surface area contributed by atoms with Crippen LogP contribution in [0.2, 0.25) is 0 Å². The summed E-state index contributed by atoms with van der Waals surface area (Å²) in [5.41, 5.74) is 9.34. The van der Waals surface area contributed by atoms with E-state index < -0.39 is 0 Å². The van der Waals surface area contributed by atoms with Crippen LogP contribution in [0.5, 0.6) is 0 Å². The molecule has 1 atom stereocenters. The predicted molar refractivity (Wildman–Crippen MR) is 89.1 cm³/mol. The van der Waals surface area contributed by atoms with Crippen molar-refractivity contribution in [2.45, 2.75) is 65.0 Å². The van der Waals surface area contributed by atoms with Gasteiger partial charge >= 0.3 is 0 Å². The molecular formula is C18H32N2. The van der Waals surface area contributed by atoms with Gasteiger partial charge < -0.3 is 5.73 Å². The average molecular weight is 276 g/mol. The predicted octanol–water partition coefficient (Wildman–Crippen LogP) is 4.10. The van der Waals surface area contributed by atoms with Gasteiger partial charge in [0.2, 0.25) is 0 Å². The van der Waals surface area contributed by atoms with Gasteiger partial charge in [-0.15, -0.1) is 0 Å². The molecule has 0 heterocycles. The van der Waals surface area contributed by atoms with Crippen LogP contribution in [0, 0.1) is 0 Å². The van der Waals surface area contributed by atoms with Crippen LogP contribution in [-0.4, -0.2) is 24.0 Å². The first-order chi connectivity index (χ1) is 9.08. The summed E-state index contributed by atoms with van der Waals surface area (Å²) in [5.74, 6) is 0. The van der Waals surface area contributed by atoms with Crippen LogP contribution in [0.25, 0.3) is 0 Å². The van der Waals surface area contributed by atoms with E-state index in [-0.39, 0.29) is 17.0 Å². The van der Waals surface area contributed by atoms with E-state index in [1.807, 2.05) is 0 Å². The molecule has 0 fully saturated rings. The van der Waals surface area contributed by atoms with E-state index in [1.165, 1.54) is 11.1 Å². The Kier molecular flexibility index (Phi) is 5.39. The maximum Gasteiger partial charge on any atom is 0.0424 e. The third kappa shape index (κ3) is 4.32. The number of hydrogen-bond donors (Lipinski definition) is 1. The molecule has 2 heteroatoms. The SMILES string of the molecule is CCC(C)(C)N(C)CC(N)c1ccc(C(C)(C)C)cc1. The molecule has 20 heavy (non-hydrogen) atoms. The quantitative estimate of drug-likeness (QED) is 0.877. The van der Waals surface area contributed by atoms with E-state index in [4.69, 9.17) is 5.73 Å². The van der Waals surface area contributed by atoms with Crippen LogP contribution in [-0.2, 0) is 5.41 Å². The van der Waals surface area contributed by atoms with Crippen LogP contribution in [0.4, 0.5) is 0 Å². The minimum absolute atomic E-state index is 0.0693. The monoisotopic (exact) mass is 276 g/mol. The van der Waals surface area contributed by atoms with Crippen molar-refractivity contribution in [3.8, 4) is 0 Å². The molecule has 0 aliphatic carbocycles. The molecule has 0 radical (unpaired) electrons. The molecule has 0 saturated carbocycles. The average Bonchev–Trinajstić information content (AvgIpc) is 2.37. The summed E-state index contributed by atoms with van der Waals surface area (Å²) in [6, 6.07) is 8.84. The second-order valence-electron chi connectivity index (χ2n) is 7.53. The zero-order valence-corrected chi connectivity index (χ0v) is 14.3. The molecule has 0 aliphatic rings. The summed E-state index contributed by atoms with van der Waals surface area (Å²) in [7, 11) is 2.16. The molecule has 114 valence electrons. The smallest absolute Gasteiger partial charge is 0.0424 e. The first kappa shape index (κ1) is 17.2. The van der Waals surface area contributed by atoms with Crippen molar-refractivity contribution in [1.29, 1.82) is 0 Å². The van der Waals surface area contributed by atoms with E-state index in [9.17, 15) is 0 Å². The summed E-state index contributed by atoms with van der Waals surface area (Å²) in [6.07, 6.45) is 1.12. The molecule has 0 aliphatic heterocycles. The van der Waals surface area contributed by atoms with E-state index in [0.29, 0.717) is 0 Å². The highest BCUT2D eigenvalue weighted by molar-refractivity contribution is 5.29. The van der Waals surface area contributed by atoms with Crippen LogP contribution >= 0.6 is 0 Å².